The van der Waals surface area contributed by atoms with Gasteiger partial charge in [-0.05, 0) is 54.4 Å². The van der Waals surface area contributed by atoms with Gasteiger partial charge in [-0.15, -0.1) is 11.3 Å². The van der Waals surface area contributed by atoms with Gasteiger partial charge in [0.1, 0.15) is 10.7 Å². The minimum absolute atomic E-state index is 0.461. The van der Waals surface area contributed by atoms with Crippen molar-refractivity contribution in [2.75, 3.05) is 7.05 Å². The number of aromatic nitrogens is 2. The van der Waals surface area contributed by atoms with Crippen LogP contribution < -0.4 is 5.32 Å². The summed E-state index contributed by atoms with van der Waals surface area (Å²) in [5.41, 5.74) is 2.20. The predicted molar refractivity (Wildman–Crippen MR) is 77.8 cm³/mol. The number of pyridine rings is 1. The molecule has 1 aliphatic rings. The van der Waals surface area contributed by atoms with E-state index in [0.29, 0.717) is 6.04 Å². The van der Waals surface area contributed by atoms with Gasteiger partial charge in [0.05, 0.1) is 5.69 Å². The molecule has 0 spiro atoms. The van der Waals surface area contributed by atoms with Crippen molar-refractivity contribution >= 4 is 27.3 Å². The Labute approximate surface area is 119 Å². The van der Waals surface area contributed by atoms with Crippen molar-refractivity contribution in [3.05, 3.63) is 33.4 Å². The number of hydrogen-bond acceptors (Lipinski definition) is 4. The van der Waals surface area contributed by atoms with Crippen molar-refractivity contribution in [2.45, 2.75) is 25.3 Å². The Kier molecular flexibility index (Phi) is 3.46. The summed E-state index contributed by atoms with van der Waals surface area (Å²) in [6.07, 6.45) is 5.32. The second-order valence-electron chi connectivity index (χ2n) is 4.40. The Morgan fingerprint density at radius 3 is 3.17 bits per heavy atom. The van der Waals surface area contributed by atoms with Crippen LogP contribution in [-0.2, 0) is 6.42 Å². The molecular formula is C13H14BrN3S. The van der Waals surface area contributed by atoms with E-state index in [9.17, 15) is 0 Å². The van der Waals surface area contributed by atoms with E-state index in [2.05, 4.69) is 26.2 Å². The molecule has 1 unspecified atom stereocenters. The minimum atomic E-state index is 0.461. The summed E-state index contributed by atoms with van der Waals surface area (Å²) in [5.74, 6) is 0. The molecule has 0 saturated heterocycles. The first-order chi connectivity index (χ1) is 8.79. The highest BCUT2D eigenvalue weighted by Crippen LogP contribution is 2.38. The summed E-state index contributed by atoms with van der Waals surface area (Å²) in [7, 11) is 2.02. The summed E-state index contributed by atoms with van der Waals surface area (Å²) in [6, 6.07) is 4.40. The fraction of sp³-hybridized carbons (Fsp3) is 0.385. The summed E-state index contributed by atoms with van der Waals surface area (Å²) < 4.78 is 1.01. The van der Waals surface area contributed by atoms with E-state index in [4.69, 9.17) is 4.98 Å². The van der Waals surface area contributed by atoms with Crippen LogP contribution in [0.2, 0.25) is 0 Å². The van der Waals surface area contributed by atoms with Gasteiger partial charge in [0.25, 0.3) is 0 Å². The number of nitrogens with one attached hydrogen (secondary N) is 1. The van der Waals surface area contributed by atoms with Crippen LogP contribution in [0.5, 0.6) is 0 Å². The zero-order valence-electron chi connectivity index (χ0n) is 10.1. The average molecular weight is 324 g/mol. The molecule has 0 aromatic carbocycles. The molecule has 0 radical (unpaired) electrons. The van der Waals surface area contributed by atoms with E-state index in [0.717, 1.165) is 21.6 Å². The summed E-state index contributed by atoms with van der Waals surface area (Å²) >= 11 is 5.32. The van der Waals surface area contributed by atoms with Crippen LogP contribution in [-0.4, -0.2) is 17.0 Å². The van der Waals surface area contributed by atoms with Crippen LogP contribution in [0, 0.1) is 0 Å². The molecule has 2 heterocycles. The normalized spacial score (nSPS) is 18.7. The van der Waals surface area contributed by atoms with Gasteiger partial charge in [0.2, 0.25) is 0 Å². The number of nitrogens with zero attached hydrogens (tertiary/aromatic N) is 2. The molecule has 3 rings (SSSR count). The summed E-state index contributed by atoms with van der Waals surface area (Å²) in [4.78, 5) is 10.6. The monoisotopic (exact) mass is 323 g/mol. The van der Waals surface area contributed by atoms with Crippen molar-refractivity contribution in [3.63, 3.8) is 0 Å². The highest BCUT2D eigenvalue weighted by molar-refractivity contribution is 9.10. The average Bonchev–Trinajstić information content (AvgIpc) is 2.82. The molecule has 1 aliphatic carbocycles. The lowest BCUT2D eigenvalue weighted by Gasteiger charge is -2.19. The third kappa shape index (κ3) is 2.11. The van der Waals surface area contributed by atoms with Gasteiger partial charge in [-0.25, -0.2) is 4.98 Å². The predicted octanol–water partition coefficient (Wildman–Crippen LogP) is 3.56. The largest absolute Gasteiger partial charge is 0.312 e. The number of fused-ring (bicyclic) bond motifs is 1. The second-order valence-corrected chi connectivity index (χ2v) is 6.28. The zero-order valence-corrected chi connectivity index (χ0v) is 12.5. The Bertz CT molecular complexity index is 567. The fourth-order valence-corrected chi connectivity index (χ4v) is 4.18. The maximum absolute atomic E-state index is 4.77. The Morgan fingerprint density at radius 2 is 2.39 bits per heavy atom. The first-order valence-electron chi connectivity index (χ1n) is 6.07. The number of rotatable bonds is 2. The molecule has 2 aromatic rings. The lowest BCUT2D eigenvalue weighted by atomic mass is 9.98. The lowest BCUT2D eigenvalue weighted by Crippen LogP contribution is -2.19. The number of hydrogen-bond donors (Lipinski definition) is 1. The molecule has 2 aromatic heterocycles. The van der Waals surface area contributed by atoms with Crippen LogP contribution in [0.4, 0.5) is 0 Å². The quantitative estimate of drug-likeness (QED) is 0.918. The molecule has 0 amide bonds. The molecular weight excluding hydrogens is 310 g/mol. The molecule has 0 saturated carbocycles. The van der Waals surface area contributed by atoms with E-state index in [1.165, 1.54) is 23.4 Å². The van der Waals surface area contributed by atoms with Gasteiger partial charge in [-0.1, -0.05) is 0 Å². The van der Waals surface area contributed by atoms with Gasteiger partial charge < -0.3 is 5.32 Å². The Balaban J connectivity index is 2.05. The maximum atomic E-state index is 4.77. The zero-order chi connectivity index (χ0) is 12.5. The van der Waals surface area contributed by atoms with E-state index < -0.39 is 0 Å². The lowest BCUT2D eigenvalue weighted by molar-refractivity contribution is 0.501. The second kappa shape index (κ2) is 5.07. The Morgan fingerprint density at radius 1 is 1.50 bits per heavy atom. The van der Waals surface area contributed by atoms with E-state index in [1.807, 2.05) is 25.4 Å². The van der Waals surface area contributed by atoms with Crippen molar-refractivity contribution in [3.8, 4) is 10.7 Å². The topological polar surface area (TPSA) is 37.8 Å². The Hall–Kier alpha value is -0.780. The van der Waals surface area contributed by atoms with Crippen LogP contribution >= 0.6 is 27.3 Å². The van der Waals surface area contributed by atoms with Crippen molar-refractivity contribution in [1.82, 2.24) is 15.3 Å². The van der Waals surface area contributed by atoms with E-state index >= 15 is 0 Å². The van der Waals surface area contributed by atoms with Crippen LogP contribution in [0.25, 0.3) is 10.7 Å². The smallest absolute Gasteiger partial charge is 0.143 e. The third-order valence-electron chi connectivity index (χ3n) is 3.26. The SMILES string of the molecule is CNC1CCCc2nc(-c3ncccc3Br)sc21. The van der Waals surface area contributed by atoms with Crippen LogP contribution in [0.1, 0.15) is 29.5 Å². The molecule has 0 aliphatic heterocycles. The molecule has 0 bridgehead atoms. The molecule has 0 fully saturated rings. The standard InChI is InChI=1S/C13H14BrN3S/c1-15-9-5-2-6-10-12(9)18-13(17-10)11-8(14)4-3-7-16-11/h3-4,7,9,15H,2,5-6H2,1H3. The molecule has 18 heavy (non-hydrogen) atoms. The van der Waals surface area contributed by atoms with Gasteiger partial charge in [-0.3, -0.25) is 4.98 Å². The van der Waals surface area contributed by atoms with E-state index in [1.54, 1.807) is 11.3 Å². The van der Waals surface area contributed by atoms with Crippen LogP contribution in [0.3, 0.4) is 0 Å². The van der Waals surface area contributed by atoms with Crippen molar-refractivity contribution in [1.29, 1.82) is 0 Å². The first-order valence-corrected chi connectivity index (χ1v) is 7.68. The number of thiazole rings is 1. The number of aryl methyl sites for hydroxylation is 1. The van der Waals surface area contributed by atoms with Gasteiger partial charge in [0.15, 0.2) is 0 Å². The highest BCUT2D eigenvalue weighted by atomic mass is 79.9. The van der Waals surface area contributed by atoms with E-state index in [-0.39, 0.29) is 0 Å². The molecule has 1 N–H and O–H groups in total. The van der Waals surface area contributed by atoms with Gasteiger partial charge >= 0.3 is 0 Å². The summed E-state index contributed by atoms with van der Waals surface area (Å²) in [6.45, 7) is 0. The number of halogens is 1. The first kappa shape index (κ1) is 12.3. The van der Waals surface area contributed by atoms with Crippen LogP contribution in [0.15, 0.2) is 22.8 Å². The maximum Gasteiger partial charge on any atom is 0.143 e. The molecule has 94 valence electrons. The molecule has 3 nitrogen and oxygen atoms in total. The van der Waals surface area contributed by atoms with Gasteiger partial charge in [0, 0.05) is 21.6 Å². The molecule has 5 heteroatoms. The fourth-order valence-electron chi connectivity index (χ4n) is 2.34. The van der Waals surface area contributed by atoms with Crippen molar-refractivity contribution in [2.24, 2.45) is 0 Å². The highest BCUT2D eigenvalue weighted by Gasteiger charge is 2.24. The summed E-state index contributed by atoms with van der Waals surface area (Å²) in [5, 5.41) is 4.40. The third-order valence-corrected chi connectivity index (χ3v) is 5.12. The van der Waals surface area contributed by atoms with Crippen molar-refractivity contribution < 1.29 is 0 Å². The molecule has 1 atom stereocenters. The minimum Gasteiger partial charge on any atom is -0.312 e. The van der Waals surface area contributed by atoms with Gasteiger partial charge in [-0.2, -0.15) is 0 Å².